The van der Waals surface area contributed by atoms with Crippen LogP contribution in [0.5, 0.6) is 11.5 Å². The molecule has 3 aromatic rings. The fourth-order valence-electron chi connectivity index (χ4n) is 2.87. The van der Waals surface area contributed by atoms with E-state index in [4.69, 9.17) is 15.2 Å². The first-order valence-electron chi connectivity index (χ1n) is 9.90. The Morgan fingerprint density at radius 1 is 0.774 bits per heavy atom. The van der Waals surface area contributed by atoms with Gasteiger partial charge in [0.1, 0.15) is 0 Å². The lowest BCUT2D eigenvalue weighted by molar-refractivity contribution is 0.0681. The number of aliphatic hydroxyl groups is 1. The van der Waals surface area contributed by atoms with Crippen LogP contribution in [0.15, 0.2) is 66.7 Å². The molecule has 0 fully saturated rings. The number of aliphatic hydroxyl groups excluding tert-OH is 1. The van der Waals surface area contributed by atoms with E-state index in [1.54, 1.807) is 61.5 Å². The van der Waals surface area contributed by atoms with Gasteiger partial charge in [-0.2, -0.15) is 0 Å². The maximum atomic E-state index is 12.6. The Morgan fingerprint density at radius 2 is 1.23 bits per heavy atom. The zero-order valence-electron chi connectivity index (χ0n) is 17.7. The third-order valence-corrected chi connectivity index (χ3v) is 4.79. The first-order chi connectivity index (χ1) is 14.7. The maximum Gasteiger partial charge on any atom is 0.343 e. The van der Waals surface area contributed by atoms with E-state index < -0.39 is 24.1 Å². The van der Waals surface area contributed by atoms with Gasteiger partial charge in [-0.3, -0.25) is 0 Å². The average Bonchev–Trinajstić information content (AvgIpc) is 2.75. The Morgan fingerprint density at radius 3 is 1.68 bits per heavy atom. The summed E-state index contributed by atoms with van der Waals surface area (Å²) in [4.78, 5) is 25.2. The van der Waals surface area contributed by atoms with Crippen LogP contribution in [0.4, 0.5) is 0 Å². The second kappa shape index (κ2) is 9.55. The molecule has 0 aliphatic rings. The van der Waals surface area contributed by atoms with Crippen LogP contribution in [0.2, 0.25) is 0 Å². The van der Waals surface area contributed by atoms with Crippen LogP contribution in [-0.2, 0) is 0 Å². The van der Waals surface area contributed by atoms with Gasteiger partial charge in [0.15, 0.2) is 11.5 Å². The fourth-order valence-corrected chi connectivity index (χ4v) is 2.87. The molecule has 0 heterocycles. The smallest absolute Gasteiger partial charge is 0.343 e. The van der Waals surface area contributed by atoms with Gasteiger partial charge in [-0.1, -0.05) is 41.5 Å². The van der Waals surface area contributed by atoms with Crippen LogP contribution >= 0.6 is 0 Å². The topological polar surface area (TPSA) is 98.8 Å². The van der Waals surface area contributed by atoms with Crippen molar-refractivity contribution in [2.75, 3.05) is 0 Å². The zero-order chi connectivity index (χ0) is 22.5. The summed E-state index contributed by atoms with van der Waals surface area (Å²) in [5, 5.41) is 10.3. The van der Waals surface area contributed by atoms with Crippen LogP contribution in [0, 0.1) is 13.8 Å². The van der Waals surface area contributed by atoms with E-state index in [0.717, 1.165) is 11.1 Å². The Hall–Kier alpha value is -3.48. The molecule has 0 aliphatic heterocycles. The first-order valence-corrected chi connectivity index (χ1v) is 9.90. The molecule has 3 aromatic carbocycles. The lowest BCUT2D eigenvalue weighted by atomic mass is 10.0. The zero-order valence-corrected chi connectivity index (χ0v) is 17.7. The monoisotopic (exact) mass is 419 g/mol. The summed E-state index contributed by atoms with van der Waals surface area (Å²) in [5.74, 6) is -1.12. The van der Waals surface area contributed by atoms with Crippen LogP contribution in [-0.4, -0.2) is 23.1 Å². The SMILES string of the molecule is Cc1ccc(C(=O)Oc2ccc(C(O)C(C)N)cc2OC(=O)c2ccc(C)cc2)cc1. The molecule has 0 bridgehead atoms. The molecule has 6 nitrogen and oxygen atoms in total. The number of ether oxygens (including phenoxy) is 2. The highest BCUT2D eigenvalue weighted by molar-refractivity contribution is 5.93. The van der Waals surface area contributed by atoms with Crippen molar-refractivity contribution in [2.45, 2.75) is 32.9 Å². The number of carbonyl (C=O) groups excluding carboxylic acids is 2. The molecule has 6 heteroatoms. The minimum Gasteiger partial charge on any atom is -0.419 e. The number of nitrogens with two attached hydrogens (primary N) is 1. The summed E-state index contributed by atoms with van der Waals surface area (Å²) < 4.78 is 11.0. The molecule has 0 saturated heterocycles. The summed E-state index contributed by atoms with van der Waals surface area (Å²) in [7, 11) is 0. The van der Waals surface area contributed by atoms with Crippen LogP contribution in [0.3, 0.4) is 0 Å². The maximum absolute atomic E-state index is 12.6. The third kappa shape index (κ3) is 5.57. The molecule has 3 N–H and O–H groups in total. The highest BCUT2D eigenvalue weighted by Gasteiger charge is 2.20. The number of hydrogen-bond acceptors (Lipinski definition) is 6. The van der Waals surface area contributed by atoms with Crippen molar-refractivity contribution >= 4 is 11.9 Å². The van der Waals surface area contributed by atoms with Crippen molar-refractivity contribution < 1.29 is 24.2 Å². The summed E-state index contributed by atoms with van der Waals surface area (Å²) in [6, 6.07) is 17.8. The molecule has 2 unspecified atom stereocenters. The molecule has 0 saturated carbocycles. The van der Waals surface area contributed by atoms with Crippen molar-refractivity contribution in [1.29, 1.82) is 0 Å². The van der Waals surface area contributed by atoms with E-state index in [2.05, 4.69) is 0 Å². The van der Waals surface area contributed by atoms with Crippen LogP contribution < -0.4 is 15.2 Å². The predicted molar refractivity (Wildman–Crippen MR) is 117 cm³/mol. The van der Waals surface area contributed by atoms with Gasteiger partial charge in [-0.25, -0.2) is 9.59 Å². The number of esters is 2. The van der Waals surface area contributed by atoms with Gasteiger partial charge in [0.05, 0.1) is 17.2 Å². The summed E-state index contributed by atoms with van der Waals surface area (Å²) in [6.07, 6.45) is -0.973. The van der Waals surface area contributed by atoms with Gasteiger partial charge in [-0.15, -0.1) is 0 Å². The molecule has 3 rings (SSSR count). The van der Waals surface area contributed by atoms with Crippen molar-refractivity contribution in [1.82, 2.24) is 0 Å². The van der Waals surface area contributed by atoms with E-state index in [9.17, 15) is 14.7 Å². The quantitative estimate of drug-likeness (QED) is 0.461. The molecule has 0 aliphatic carbocycles. The van der Waals surface area contributed by atoms with Crippen molar-refractivity contribution in [3.8, 4) is 11.5 Å². The average molecular weight is 419 g/mol. The molecule has 0 spiro atoms. The molecule has 31 heavy (non-hydrogen) atoms. The molecule has 0 aromatic heterocycles. The van der Waals surface area contributed by atoms with Gasteiger partial charge in [0.25, 0.3) is 0 Å². The van der Waals surface area contributed by atoms with E-state index in [0.29, 0.717) is 16.7 Å². The minimum atomic E-state index is -0.973. The Bertz CT molecular complexity index is 1070. The van der Waals surface area contributed by atoms with E-state index in [1.807, 2.05) is 13.8 Å². The largest absolute Gasteiger partial charge is 0.419 e. The number of hydrogen-bond donors (Lipinski definition) is 2. The number of rotatable bonds is 6. The summed E-state index contributed by atoms with van der Waals surface area (Å²) >= 11 is 0. The Labute approximate surface area is 181 Å². The summed E-state index contributed by atoms with van der Waals surface area (Å²) in [6.45, 7) is 5.49. The molecule has 2 atom stereocenters. The minimum absolute atomic E-state index is 0.0169. The molecule has 160 valence electrons. The molecular formula is C25H25NO5. The number of benzene rings is 3. The van der Waals surface area contributed by atoms with Crippen LogP contribution in [0.1, 0.15) is 50.4 Å². The van der Waals surface area contributed by atoms with E-state index in [1.165, 1.54) is 12.1 Å². The summed E-state index contributed by atoms with van der Waals surface area (Å²) in [5.41, 5.74) is 8.96. The lowest BCUT2D eigenvalue weighted by Gasteiger charge is -2.17. The Kier molecular flexibility index (Phi) is 6.84. The third-order valence-electron chi connectivity index (χ3n) is 4.79. The second-order valence-corrected chi connectivity index (χ2v) is 7.52. The van der Waals surface area contributed by atoms with E-state index in [-0.39, 0.29) is 11.5 Å². The Balaban J connectivity index is 1.91. The second-order valence-electron chi connectivity index (χ2n) is 7.52. The van der Waals surface area contributed by atoms with Gasteiger partial charge in [-0.05, 0) is 62.7 Å². The van der Waals surface area contributed by atoms with Gasteiger partial charge in [0.2, 0.25) is 0 Å². The van der Waals surface area contributed by atoms with E-state index >= 15 is 0 Å². The normalized spacial score (nSPS) is 12.7. The van der Waals surface area contributed by atoms with Gasteiger partial charge in [0, 0.05) is 6.04 Å². The predicted octanol–water partition coefficient (Wildman–Crippen LogP) is 4.12. The molecular weight excluding hydrogens is 394 g/mol. The van der Waals surface area contributed by atoms with Crippen molar-refractivity contribution in [2.24, 2.45) is 5.73 Å². The van der Waals surface area contributed by atoms with Crippen molar-refractivity contribution in [3.05, 3.63) is 94.5 Å². The molecule has 0 amide bonds. The van der Waals surface area contributed by atoms with Gasteiger partial charge < -0.3 is 20.3 Å². The fraction of sp³-hybridized carbons (Fsp3) is 0.200. The van der Waals surface area contributed by atoms with Gasteiger partial charge >= 0.3 is 11.9 Å². The number of carbonyl (C=O) groups is 2. The first kappa shape index (κ1) is 22.2. The number of aryl methyl sites for hydroxylation is 2. The van der Waals surface area contributed by atoms with Crippen molar-refractivity contribution in [3.63, 3.8) is 0 Å². The van der Waals surface area contributed by atoms with Crippen LogP contribution in [0.25, 0.3) is 0 Å². The standard InChI is InChI=1S/C25H25NO5/c1-15-4-8-18(9-5-15)24(28)30-21-13-12-20(23(27)17(3)26)14-22(21)31-25(29)19-10-6-16(2)7-11-19/h4-14,17,23,27H,26H2,1-3H3. The highest BCUT2D eigenvalue weighted by Crippen LogP contribution is 2.32. The lowest BCUT2D eigenvalue weighted by Crippen LogP contribution is -2.24. The molecule has 0 radical (unpaired) electrons. The highest BCUT2D eigenvalue weighted by atomic mass is 16.6.